The van der Waals surface area contributed by atoms with Crippen LogP contribution < -0.4 is 4.74 Å². The first-order chi connectivity index (χ1) is 14.0. The van der Waals surface area contributed by atoms with E-state index in [4.69, 9.17) is 9.84 Å². The zero-order valence-corrected chi connectivity index (χ0v) is 17.2. The zero-order valence-electron chi connectivity index (χ0n) is 17.2. The molecule has 3 rings (SSSR count). The van der Waals surface area contributed by atoms with Crippen LogP contribution in [0.3, 0.4) is 0 Å². The lowest BCUT2D eigenvalue weighted by Gasteiger charge is -2.36. The van der Waals surface area contributed by atoms with E-state index in [2.05, 4.69) is 9.88 Å². The topological polar surface area (TPSA) is 62.7 Å². The zero-order chi connectivity index (χ0) is 22.1. The number of aromatic nitrogens is 1. The number of carbonyl (C=O) groups is 1. The molecule has 1 aliphatic heterocycles. The molecule has 0 amide bonds. The Morgan fingerprint density at radius 2 is 2.00 bits per heavy atom. The number of aliphatic carboxylic acids is 1. The van der Waals surface area contributed by atoms with Crippen LogP contribution in [-0.4, -0.2) is 34.0 Å². The van der Waals surface area contributed by atoms with Crippen LogP contribution in [0.1, 0.15) is 47.7 Å². The largest absolute Gasteiger partial charge is 0.487 e. The van der Waals surface area contributed by atoms with E-state index >= 15 is 0 Å². The van der Waals surface area contributed by atoms with E-state index in [0.29, 0.717) is 25.4 Å². The smallest absolute Gasteiger partial charge is 0.416 e. The predicted octanol–water partition coefficient (Wildman–Crippen LogP) is 4.63. The van der Waals surface area contributed by atoms with Crippen LogP contribution in [0.2, 0.25) is 0 Å². The summed E-state index contributed by atoms with van der Waals surface area (Å²) in [5.74, 6) is -0.803. The Bertz CT molecular complexity index is 922. The number of alkyl halides is 3. The number of carboxylic acids is 1. The summed E-state index contributed by atoms with van der Waals surface area (Å²) in [6.45, 7) is 6.99. The van der Waals surface area contributed by atoms with Crippen LogP contribution in [0.25, 0.3) is 0 Å². The van der Waals surface area contributed by atoms with Crippen molar-refractivity contribution in [3.05, 3.63) is 58.4 Å². The summed E-state index contributed by atoms with van der Waals surface area (Å²) in [6.07, 6.45) is -3.16. The molecule has 0 unspecified atom stereocenters. The van der Waals surface area contributed by atoms with E-state index in [-0.39, 0.29) is 29.7 Å². The van der Waals surface area contributed by atoms with Crippen molar-refractivity contribution in [2.45, 2.75) is 46.0 Å². The number of hydrogen-bond donors (Lipinski definition) is 1. The molecule has 0 aliphatic carbocycles. The summed E-state index contributed by atoms with van der Waals surface area (Å²) in [6, 6.07) is 6.55. The lowest BCUT2D eigenvalue weighted by atomic mass is 9.98. The van der Waals surface area contributed by atoms with Crippen molar-refractivity contribution in [1.82, 2.24) is 9.88 Å². The molecular formula is C22H25F3N2O3. The summed E-state index contributed by atoms with van der Waals surface area (Å²) in [5, 5.41) is 8.95. The molecule has 0 radical (unpaired) electrons. The van der Waals surface area contributed by atoms with Gasteiger partial charge in [0, 0.05) is 25.8 Å². The van der Waals surface area contributed by atoms with Crippen LogP contribution in [0.15, 0.2) is 30.5 Å². The Morgan fingerprint density at radius 1 is 1.30 bits per heavy atom. The summed E-state index contributed by atoms with van der Waals surface area (Å²) in [4.78, 5) is 17.1. The maximum Gasteiger partial charge on any atom is 0.416 e. The number of aryl methyl sites for hydroxylation is 1. The molecule has 1 aromatic heterocycles. The highest BCUT2D eigenvalue weighted by atomic mass is 19.4. The van der Waals surface area contributed by atoms with Gasteiger partial charge in [-0.3, -0.25) is 14.7 Å². The minimum Gasteiger partial charge on any atom is -0.487 e. The Kier molecular flexibility index (Phi) is 6.36. The third-order valence-electron chi connectivity index (χ3n) is 5.32. The van der Waals surface area contributed by atoms with Crippen molar-refractivity contribution in [3.8, 4) is 5.75 Å². The molecule has 0 bridgehead atoms. The second kappa shape index (κ2) is 8.63. The molecule has 0 saturated carbocycles. The van der Waals surface area contributed by atoms with E-state index in [1.54, 1.807) is 19.9 Å². The van der Waals surface area contributed by atoms with E-state index < -0.39 is 17.7 Å². The predicted molar refractivity (Wildman–Crippen MR) is 105 cm³/mol. The second-order valence-corrected chi connectivity index (χ2v) is 8.02. The maximum absolute atomic E-state index is 13.4. The van der Waals surface area contributed by atoms with Crippen LogP contribution in [-0.2, 0) is 24.1 Å². The molecular weight excluding hydrogens is 397 g/mol. The molecule has 8 heteroatoms. The van der Waals surface area contributed by atoms with E-state index in [0.717, 1.165) is 17.2 Å². The fourth-order valence-corrected chi connectivity index (χ4v) is 3.48. The third-order valence-corrected chi connectivity index (χ3v) is 5.32. The van der Waals surface area contributed by atoms with Gasteiger partial charge in [0.05, 0.1) is 17.2 Å². The Labute approximate surface area is 173 Å². The average molecular weight is 422 g/mol. The van der Waals surface area contributed by atoms with Crippen LogP contribution in [0.4, 0.5) is 13.2 Å². The maximum atomic E-state index is 13.4. The highest BCUT2D eigenvalue weighted by Crippen LogP contribution is 2.35. The van der Waals surface area contributed by atoms with Gasteiger partial charge in [-0.15, -0.1) is 0 Å². The summed E-state index contributed by atoms with van der Waals surface area (Å²) in [5.41, 5.74) is 1.75. The van der Waals surface area contributed by atoms with Gasteiger partial charge in [-0.05, 0) is 47.7 Å². The Hall–Kier alpha value is -2.61. The van der Waals surface area contributed by atoms with Crippen molar-refractivity contribution in [3.63, 3.8) is 0 Å². The van der Waals surface area contributed by atoms with E-state index in [1.165, 1.54) is 6.20 Å². The number of nitrogens with zero attached hydrogens (tertiary/aromatic N) is 2. The number of pyridine rings is 1. The molecule has 1 aromatic carbocycles. The second-order valence-electron chi connectivity index (χ2n) is 8.02. The van der Waals surface area contributed by atoms with Crippen molar-refractivity contribution >= 4 is 5.97 Å². The highest BCUT2D eigenvalue weighted by molar-refractivity contribution is 5.71. The number of ether oxygens (including phenoxy) is 1. The van der Waals surface area contributed by atoms with Gasteiger partial charge in [0.1, 0.15) is 12.4 Å². The van der Waals surface area contributed by atoms with Gasteiger partial charge >= 0.3 is 12.1 Å². The molecule has 1 saturated heterocycles. The van der Waals surface area contributed by atoms with Gasteiger partial charge in [-0.25, -0.2) is 0 Å². The molecule has 30 heavy (non-hydrogen) atoms. The summed E-state index contributed by atoms with van der Waals surface area (Å²) < 4.78 is 45.7. The van der Waals surface area contributed by atoms with Crippen LogP contribution in [0.5, 0.6) is 5.75 Å². The average Bonchev–Trinajstić information content (AvgIpc) is 2.62. The highest BCUT2D eigenvalue weighted by Gasteiger charge is 2.35. The van der Waals surface area contributed by atoms with Crippen LogP contribution >= 0.6 is 0 Å². The van der Waals surface area contributed by atoms with Crippen molar-refractivity contribution in [2.75, 3.05) is 13.1 Å². The fraction of sp³-hybridized carbons (Fsp3) is 0.455. The van der Waals surface area contributed by atoms with Gasteiger partial charge in [0.2, 0.25) is 0 Å². The molecule has 162 valence electrons. The third kappa shape index (κ3) is 5.11. The van der Waals surface area contributed by atoms with Gasteiger partial charge in [0.15, 0.2) is 0 Å². The molecule has 1 fully saturated rings. The molecule has 2 aromatic rings. The summed E-state index contributed by atoms with van der Waals surface area (Å²) in [7, 11) is 0. The van der Waals surface area contributed by atoms with Gasteiger partial charge in [0.25, 0.3) is 0 Å². The number of halogens is 3. The van der Waals surface area contributed by atoms with Gasteiger partial charge in [-0.1, -0.05) is 19.9 Å². The van der Waals surface area contributed by atoms with Gasteiger partial charge in [-0.2, -0.15) is 13.2 Å². The van der Waals surface area contributed by atoms with Crippen molar-refractivity contribution in [1.29, 1.82) is 0 Å². The number of hydrogen-bond acceptors (Lipinski definition) is 4. The molecule has 1 N–H and O–H groups in total. The molecule has 0 atom stereocenters. The monoisotopic (exact) mass is 422 g/mol. The number of benzene rings is 1. The molecule has 0 spiro atoms. The van der Waals surface area contributed by atoms with Crippen LogP contribution in [0, 0.1) is 12.8 Å². The minimum atomic E-state index is -4.44. The minimum absolute atomic E-state index is 0.0628. The lowest BCUT2D eigenvalue weighted by molar-refractivity contribution is -0.147. The van der Waals surface area contributed by atoms with Crippen molar-refractivity contribution in [2.24, 2.45) is 5.92 Å². The number of carboxylic acid groups (broad SMARTS) is 1. The quantitative estimate of drug-likeness (QED) is 0.705. The summed E-state index contributed by atoms with van der Waals surface area (Å²) >= 11 is 0. The Morgan fingerprint density at radius 3 is 2.57 bits per heavy atom. The first-order valence-corrected chi connectivity index (χ1v) is 9.78. The standard InChI is InChI=1S/C22H25F3N2O3/c1-13(2)19-8-26-17(7-20(19)22(23,24)25)12-30-18-5-4-15(14(3)6-18)9-27-10-16(11-27)21(28)29/h4-8,13,16H,9-12H2,1-3H3,(H,28,29). The first kappa shape index (κ1) is 22.1. The Balaban J connectivity index is 1.64. The lowest BCUT2D eigenvalue weighted by Crippen LogP contribution is -2.49. The SMILES string of the molecule is Cc1cc(OCc2cc(C(F)(F)F)c(C(C)C)cn2)ccc1CN1CC(C(=O)O)C1. The molecule has 2 heterocycles. The first-order valence-electron chi connectivity index (χ1n) is 9.78. The fourth-order valence-electron chi connectivity index (χ4n) is 3.48. The van der Waals surface area contributed by atoms with Gasteiger partial charge < -0.3 is 9.84 Å². The normalized spacial score (nSPS) is 15.3. The van der Waals surface area contributed by atoms with E-state index in [1.807, 2.05) is 19.1 Å². The molecule has 1 aliphatic rings. The number of likely N-dealkylation sites (tertiary alicyclic amines) is 1. The van der Waals surface area contributed by atoms with Crippen molar-refractivity contribution < 1.29 is 27.8 Å². The van der Waals surface area contributed by atoms with E-state index in [9.17, 15) is 18.0 Å². The number of rotatable bonds is 7. The molecule has 5 nitrogen and oxygen atoms in total.